The van der Waals surface area contributed by atoms with E-state index in [4.69, 9.17) is 4.74 Å². The number of carbonyl (C=O) groups is 1. The molecular formula is C26H30N3O2+. The molecule has 1 aliphatic heterocycles. The predicted molar refractivity (Wildman–Crippen MR) is 125 cm³/mol. The lowest BCUT2D eigenvalue weighted by atomic mass is 10.1. The summed E-state index contributed by atoms with van der Waals surface area (Å²) in [6.45, 7) is 5.45. The number of ether oxygens (including phenoxy) is 1. The van der Waals surface area contributed by atoms with Crippen LogP contribution < -0.4 is 19.9 Å². The van der Waals surface area contributed by atoms with Crippen molar-refractivity contribution < 1.29 is 14.4 Å². The molecule has 0 spiro atoms. The molecule has 2 N–H and O–H groups in total. The number of hydrogen-bond donors (Lipinski definition) is 2. The van der Waals surface area contributed by atoms with Gasteiger partial charge in [-0.1, -0.05) is 42.5 Å². The molecule has 3 aromatic rings. The third kappa shape index (κ3) is 5.86. The maximum absolute atomic E-state index is 12.4. The SMILES string of the molecule is COc1ccc(CC(=O)Nc2ccc(N3CC[NH+](Cc4ccccc4)CC3)cc2)cc1. The highest BCUT2D eigenvalue weighted by atomic mass is 16.5. The van der Waals surface area contributed by atoms with Crippen molar-refractivity contribution in [2.45, 2.75) is 13.0 Å². The fraction of sp³-hybridized carbons (Fsp3) is 0.269. The lowest BCUT2D eigenvalue weighted by Gasteiger charge is -2.33. The van der Waals surface area contributed by atoms with Crippen LogP contribution in [-0.4, -0.2) is 39.2 Å². The summed E-state index contributed by atoms with van der Waals surface area (Å²) in [5.74, 6) is 0.776. The molecule has 0 unspecified atom stereocenters. The molecule has 1 amide bonds. The van der Waals surface area contributed by atoms with Crippen molar-refractivity contribution in [3.05, 3.63) is 90.0 Å². The second-order valence-electron chi connectivity index (χ2n) is 8.02. The molecular weight excluding hydrogens is 386 g/mol. The monoisotopic (exact) mass is 416 g/mol. The molecule has 0 bridgehead atoms. The molecule has 0 aliphatic carbocycles. The molecule has 160 valence electrons. The van der Waals surface area contributed by atoms with E-state index in [0.717, 1.165) is 49.7 Å². The van der Waals surface area contributed by atoms with Crippen molar-refractivity contribution >= 4 is 17.3 Å². The Bertz CT molecular complexity index is 964. The van der Waals surface area contributed by atoms with Gasteiger partial charge in [0.25, 0.3) is 0 Å². The van der Waals surface area contributed by atoms with Gasteiger partial charge in [-0.3, -0.25) is 4.79 Å². The number of amides is 1. The highest BCUT2D eigenvalue weighted by molar-refractivity contribution is 5.92. The molecule has 1 saturated heterocycles. The Morgan fingerprint density at radius 3 is 2.23 bits per heavy atom. The molecule has 1 fully saturated rings. The molecule has 1 aliphatic rings. The minimum absolute atomic E-state index is 0.0176. The number of methoxy groups -OCH3 is 1. The van der Waals surface area contributed by atoms with Gasteiger partial charge in [-0.2, -0.15) is 0 Å². The van der Waals surface area contributed by atoms with E-state index in [2.05, 4.69) is 52.7 Å². The molecule has 3 aromatic carbocycles. The smallest absolute Gasteiger partial charge is 0.228 e. The van der Waals surface area contributed by atoms with Crippen molar-refractivity contribution in [3.63, 3.8) is 0 Å². The third-order valence-electron chi connectivity index (χ3n) is 5.81. The van der Waals surface area contributed by atoms with Gasteiger partial charge >= 0.3 is 0 Å². The maximum atomic E-state index is 12.4. The zero-order chi connectivity index (χ0) is 21.5. The highest BCUT2D eigenvalue weighted by Gasteiger charge is 2.20. The van der Waals surface area contributed by atoms with Gasteiger partial charge in [-0.15, -0.1) is 0 Å². The van der Waals surface area contributed by atoms with Crippen LogP contribution in [0.2, 0.25) is 0 Å². The van der Waals surface area contributed by atoms with Crippen LogP contribution in [0.5, 0.6) is 5.75 Å². The first-order chi connectivity index (χ1) is 15.2. The van der Waals surface area contributed by atoms with E-state index in [1.807, 2.05) is 36.4 Å². The van der Waals surface area contributed by atoms with Crippen LogP contribution in [0.1, 0.15) is 11.1 Å². The van der Waals surface area contributed by atoms with E-state index in [0.29, 0.717) is 6.42 Å². The maximum Gasteiger partial charge on any atom is 0.228 e. The molecule has 5 heteroatoms. The summed E-state index contributed by atoms with van der Waals surface area (Å²) in [7, 11) is 1.64. The third-order valence-corrected chi connectivity index (χ3v) is 5.81. The second kappa shape index (κ2) is 10.1. The number of carbonyl (C=O) groups excluding carboxylic acids is 1. The minimum Gasteiger partial charge on any atom is -0.497 e. The molecule has 4 rings (SSSR count). The normalized spacial score (nSPS) is 14.3. The summed E-state index contributed by atoms with van der Waals surface area (Å²) in [6.07, 6.45) is 0.345. The molecule has 0 atom stereocenters. The second-order valence-corrected chi connectivity index (χ2v) is 8.02. The van der Waals surface area contributed by atoms with Crippen molar-refractivity contribution in [2.24, 2.45) is 0 Å². The van der Waals surface area contributed by atoms with Crippen LogP contribution in [0.3, 0.4) is 0 Å². The largest absolute Gasteiger partial charge is 0.497 e. The van der Waals surface area contributed by atoms with Crippen LogP contribution >= 0.6 is 0 Å². The first-order valence-electron chi connectivity index (χ1n) is 10.8. The number of nitrogens with zero attached hydrogens (tertiary/aromatic N) is 1. The number of hydrogen-bond acceptors (Lipinski definition) is 3. The molecule has 1 heterocycles. The Labute approximate surface area is 184 Å². The van der Waals surface area contributed by atoms with Gasteiger partial charge in [0.15, 0.2) is 0 Å². The fourth-order valence-corrected chi connectivity index (χ4v) is 4.03. The van der Waals surface area contributed by atoms with Gasteiger partial charge in [-0.05, 0) is 42.0 Å². The van der Waals surface area contributed by atoms with Crippen LogP contribution in [0.4, 0.5) is 11.4 Å². The van der Waals surface area contributed by atoms with Gasteiger partial charge in [0.1, 0.15) is 12.3 Å². The van der Waals surface area contributed by atoms with Gasteiger partial charge < -0.3 is 19.9 Å². The van der Waals surface area contributed by atoms with E-state index in [-0.39, 0.29) is 5.91 Å². The van der Waals surface area contributed by atoms with Crippen molar-refractivity contribution in [3.8, 4) is 5.75 Å². The molecule has 0 radical (unpaired) electrons. The van der Waals surface area contributed by atoms with Crippen molar-refractivity contribution in [1.29, 1.82) is 0 Å². The van der Waals surface area contributed by atoms with E-state index in [1.165, 1.54) is 11.3 Å². The first-order valence-corrected chi connectivity index (χ1v) is 10.8. The summed E-state index contributed by atoms with van der Waals surface area (Å²) in [5, 5.41) is 2.99. The minimum atomic E-state index is -0.0176. The topological polar surface area (TPSA) is 46.0 Å². The van der Waals surface area contributed by atoms with E-state index < -0.39 is 0 Å². The summed E-state index contributed by atoms with van der Waals surface area (Å²) < 4.78 is 5.16. The van der Waals surface area contributed by atoms with Gasteiger partial charge in [0.05, 0.1) is 39.7 Å². The zero-order valence-corrected chi connectivity index (χ0v) is 18.0. The number of quaternary nitrogens is 1. The number of piperazine rings is 1. The lowest BCUT2D eigenvalue weighted by molar-refractivity contribution is -0.914. The number of rotatable bonds is 7. The van der Waals surface area contributed by atoms with Crippen LogP contribution in [0.25, 0.3) is 0 Å². The fourth-order valence-electron chi connectivity index (χ4n) is 4.03. The Kier molecular flexibility index (Phi) is 6.85. The van der Waals surface area contributed by atoms with E-state index >= 15 is 0 Å². The number of anilines is 2. The molecule has 0 saturated carbocycles. The number of benzene rings is 3. The van der Waals surface area contributed by atoms with E-state index in [9.17, 15) is 4.79 Å². The molecule has 31 heavy (non-hydrogen) atoms. The quantitative estimate of drug-likeness (QED) is 0.623. The average Bonchev–Trinajstić information content (AvgIpc) is 2.81. The standard InChI is InChI=1S/C26H29N3O2/c1-31-25-13-7-21(8-14-25)19-26(30)27-23-9-11-24(12-10-23)29-17-15-28(16-18-29)20-22-5-3-2-4-6-22/h2-14H,15-20H2,1H3,(H,27,30)/p+1. The van der Waals surface area contributed by atoms with Crippen molar-refractivity contribution in [1.82, 2.24) is 0 Å². The number of nitrogens with one attached hydrogen (secondary N) is 2. The first kappa shape index (κ1) is 20.9. The highest BCUT2D eigenvalue weighted by Crippen LogP contribution is 2.19. The van der Waals surface area contributed by atoms with Crippen LogP contribution in [0.15, 0.2) is 78.9 Å². The average molecular weight is 417 g/mol. The summed E-state index contributed by atoms with van der Waals surface area (Å²) in [5.41, 5.74) is 4.41. The predicted octanol–water partition coefficient (Wildman–Crippen LogP) is 2.78. The summed E-state index contributed by atoms with van der Waals surface area (Å²) in [6, 6.07) is 26.5. The zero-order valence-electron chi connectivity index (χ0n) is 18.0. The van der Waals surface area contributed by atoms with Gasteiger partial charge in [0.2, 0.25) is 5.91 Å². The Hall–Kier alpha value is -3.31. The summed E-state index contributed by atoms with van der Waals surface area (Å²) >= 11 is 0. The van der Waals surface area contributed by atoms with Crippen molar-refractivity contribution in [2.75, 3.05) is 43.5 Å². The molecule has 5 nitrogen and oxygen atoms in total. The lowest BCUT2D eigenvalue weighted by Crippen LogP contribution is -3.13. The van der Waals surface area contributed by atoms with Gasteiger partial charge in [0, 0.05) is 16.9 Å². The van der Waals surface area contributed by atoms with Gasteiger partial charge in [-0.25, -0.2) is 0 Å². The van der Waals surface area contributed by atoms with Crippen LogP contribution in [0, 0.1) is 0 Å². The Morgan fingerprint density at radius 2 is 1.58 bits per heavy atom. The Morgan fingerprint density at radius 1 is 0.903 bits per heavy atom. The Balaban J connectivity index is 1.25. The van der Waals surface area contributed by atoms with E-state index in [1.54, 1.807) is 12.0 Å². The van der Waals surface area contributed by atoms with Crippen LogP contribution in [-0.2, 0) is 17.8 Å². The molecule has 0 aromatic heterocycles. The summed E-state index contributed by atoms with van der Waals surface area (Å²) in [4.78, 5) is 16.4.